The Balaban J connectivity index is 4.36. The van der Waals surface area contributed by atoms with Crippen LogP contribution in [0.15, 0.2) is 0 Å². The second kappa shape index (κ2) is 10.5. The third-order valence-corrected chi connectivity index (χ3v) is 12.9. The van der Waals surface area contributed by atoms with Crippen LogP contribution in [0, 0.1) is 0 Å². The standard InChI is InChI=1S/C16H36F4O5Si3/c1-15(17,18)16(19,20)23-13-14(21)12-22-10-9-11-28(8,24-26(2,3)4)25-27(5,6)7/h14,21H,9-13H2,1-8H3. The van der Waals surface area contributed by atoms with Crippen LogP contribution in [0.3, 0.4) is 0 Å². The summed E-state index contributed by atoms with van der Waals surface area (Å²) in [5.41, 5.74) is 0. The summed E-state index contributed by atoms with van der Waals surface area (Å²) in [6.07, 6.45) is -5.44. The van der Waals surface area contributed by atoms with Gasteiger partial charge in [-0.25, -0.2) is 0 Å². The maximum Gasteiger partial charge on any atom is 0.419 e. The maximum absolute atomic E-state index is 13.0. The van der Waals surface area contributed by atoms with Crippen LogP contribution in [-0.2, 0) is 17.7 Å². The van der Waals surface area contributed by atoms with E-state index in [1.807, 2.05) is 6.55 Å². The van der Waals surface area contributed by atoms with E-state index >= 15 is 0 Å². The number of rotatable bonds is 14. The fourth-order valence-electron chi connectivity index (χ4n) is 2.51. The van der Waals surface area contributed by atoms with Crippen LogP contribution in [0.1, 0.15) is 13.3 Å². The Bertz CT molecular complexity index is 449. The number of hydrogen-bond donors (Lipinski definition) is 1. The molecule has 0 bridgehead atoms. The normalized spacial score (nSPS) is 15.8. The summed E-state index contributed by atoms with van der Waals surface area (Å²) in [7, 11) is -5.97. The molecule has 0 aliphatic rings. The number of ether oxygens (including phenoxy) is 2. The highest BCUT2D eigenvalue weighted by Crippen LogP contribution is 2.34. The molecule has 0 aromatic carbocycles. The molecule has 0 aromatic heterocycles. The van der Waals surface area contributed by atoms with E-state index in [-0.39, 0.29) is 20.1 Å². The molecule has 0 fully saturated rings. The summed E-state index contributed by atoms with van der Waals surface area (Å²) in [4.78, 5) is 0. The first-order valence-electron chi connectivity index (χ1n) is 9.32. The summed E-state index contributed by atoms with van der Waals surface area (Å²) < 4.78 is 73.1. The molecule has 0 saturated carbocycles. The van der Waals surface area contributed by atoms with Crippen LogP contribution in [0.25, 0.3) is 0 Å². The second-order valence-electron chi connectivity index (χ2n) is 9.11. The van der Waals surface area contributed by atoms with Gasteiger partial charge in [0.05, 0.1) is 13.2 Å². The van der Waals surface area contributed by atoms with Gasteiger partial charge in [0.2, 0.25) is 0 Å². The van der Waals surface area contributed by atoms with Crippen LogP contribution in [0.2, 0.25) is 51.9 Å². The Labute approximate surface area is 169 Å². The topological polar surface area (TPSA) is 57.2 Å². The van der Waals surface area contributed by atoms with Gasteiger partial charge in [0.1, 0.15) is 6.10 Å². The molecule has 5 nitrogen and oxygen atoms in total. The predicted octanol–water partition coefficient (Wildman–Crippen LogP) is 4.79. The van der Waals surface area contributed by atoms with E-state index in [2.05, 4.69) is 44.0 Å². The van der Waals surface area contributed by atoms with Crippen molar-refractivity contribution in [3.63, 3.8) is 0 Å². The molecule has 170 valence electrons. The third kappa shape index (κ3) is 12.7. The molecule has 12 heteroatoms. The molecular formula is C16H36F4O5Si3. The SMILES string of the molecule is CC(F)(F)C(F)(F)OCC(O)COCCC[Si](C)(O[Si](C)(C)C)O[Si](C)(C)C. The van der Waals surface area contributed by atoms with E-state index in [0.717, 1.165) is 0 Å². The molecule has 28 heavy (non-hydrogen) atoms. The monoisotopic (exact) mass is 468 g/mol. The van der Waals surface area contributed by atoms with Gasteiger partial charge < -0.3 is 22.8 Å². The average Bonchev–Trinajstić information content (AvgIpc) is 2.39. The molecule has 0 saturated heterocycles. The highest BCUT2D eigenvalue weighted by molar-refractivity contribution is 6.87. The van der Waals surface area contributed by atoms with Gasteiger partial charge in [0, 0.05) is 13.5 Å². The van der Waals surface area contributed by atoms with E-state index in [0.29, 0.717) is 12.5 Å². The number of aliphatic hydroxyl groups excluding tert-OH is 1. The number of alkyl halides is 4. The van der Waals surface area contributed by atoms with Crippen molar-refractivity contribution in [3.8, 4) is 0 Å². The van der Waals surface area contributed by atoms with E-state index in [9.17, 15) is 22.7 Å². The summed E-state index contributed by atoms with van der Waals surface area (Å²) in [6, 6.07) is 0.703. The smallest absolute Gasteiger partial charge is 0.419 e. The molecule has 0 aliphatic carbocycles. The molecule has 0 aromatic rings. The lowest BCUT2D eigenvalue weighted by molar-refractivity contribution is -0.346. The van der Waals surface area contributed by atoms with E-state index in [1.54, 1.807) is 0 Å². The first kappa shape index (κ1) is 28.2. The average molecular weight is 469 g/mol. The lowest BCUT2D eigenvalue weighted by Gasteiger charge is -2.38. The molecular weight excluding hydrogens is 432 g/mol. The first-order valence-corrected chi connectivity index (χ1v) is 18.7. The Hall–Kier alpha value is 0.171. The van der Waals surface area contributed by atoms with Gasteiger partial charge in [0.25, 0.3) is 0 Å². The van der Waals surface area contributed by atoms with E-state index < -0.39 is 49.9 Å². The Kier molecular flexibility index (Phi) is 10.5. The second-order valence-corrected chi connectivity index (χ2v) is 22.0. The highest BCUT2D eigenvalue weighted by Gasteiger charge is 2.54. The fraction of sp³-hybridized carbons (Fsp3) is 1.00. The first-order chi connectivity index (χ1) is 12.3. The van der Waals surface area contributed by atoms with Crippen molar-refractivity contribution in [3.05, 3.63) is 0 Å². The minimum atomic E-state index is -4.64. The van der Waals surface area contributed by atoms with Crippen LogP contribution >= 0.6 is 0 Å². The number of hydrogen-bond acceptors (Lipinski definition) is 5. The largest absolute Gasteiger partial charge is 0.437 e. The van der Waals surface area contributed by atoms with Crippen molar-refractivity contribution in [2.45, 2.75) is 83.4 Å². The molecule has 1 atom stereocenters. The lowest BCUT2D eigenvalue weighted by Crippen LogP contribution is -2.52. The quantitative estimate of drug-likeness (QED) is 0.226. The number of aliphatic hydroxyl groups is 1. The van der Waals surface area contributed by atoms with Crippen molar-refractivity contribution in [1.82, 2.24) is 0 Å². The van der Waals surface area contributed by atoms with Gasteiger partial charge in [-0.3, -0.25) is 0 Å². The molecule has 0 aliphatic heterocycles. The van der Waals surface area contributed by atoms with Crippen LogP contribution in [0.5, 0.6) is 0 Å². The van der Waals surface area contributed by atoms with Gasteiger partial charge in [0.15, 0.2) is 16.6 Å². The molecule has 1 unspecified atom stereocenters. The third-order valence-electron chi connectivity index (χ3n) is 3.24. The van der Waals surface area contributed by atoms with E-state index in [1.165, 1.54) is 0 Å². The van der Waals surface area contributed by atoms with Gasteiger partial charge >= 0.3 is 20.6 Å². The van der Waals surface area contributed by atoms with Crippen molar-refractivity contribution in [1.29, 1.82) is 0 Å². The summed E-state index contributed by atoms with van der Waals surface area (Å²) in [5.74, 6) is -4.32. The summed E-state index contributed by atoms with van der Waals surface area (Å²) in [6.45, 7) is 13.8. The summed E-state index contributed by atoms with van der Waals surface area (Å²) >= 11 is 0. The van der Waals surface area contributed by atoms with Crippen molar-refractivity contribution in [2.75, 3.05) is 19.8 Å². The zero-order valence-electron chi connectivity index (χ0n) is 18.2. The molecule has 0 spiro atoms. The van der Waals surface area contributed by atoms with Gasteiger partial charge in [-0.05, 0) is 58.3 Å². The minimum absolute atomic E-state index is 0.0573. The Morgan fingerprint density at radius 2 is 1.32 bits per heavy atom. The van der Waals surface area contributed by atoms with Gasteiger partial charge in [-0.15, -0.1) is 0 Å². The maximum atomic E-state index is 13.0. The van der Waals surface area contributed by atoms with E-state index in [4.69, 9.17) is 13.0 Å². The molecule has 0 rings (SSSR count). The Morgan fingerprint density at radius 3 is 1.71 bits per heavy atom. The molecule has 0 heterocycles. The Morgan fingerprint density at radius 1 is 0.857 bits per heavy atom. The van der Waals surface area contributed by atoms with Crippen molar-refractivity contribution >= 4 is 25.2 Å². The van der Waals surface area contributed by atoms with Crippen molar-refractivity contribution in [2.24, 2.45) is 0 Å². The zero-order valence-corrected chi connectivity index (χ0v) is 21.2. The zero-order chi connectivity index (χ0) is 22.4. The number of halogens is 4. The van der Waals surface area contributed by atoms with Crippen LogP contribution in [-0.4, -0.2) is 68.3 Å². The van der Waals surface area contributed by atoms with Crippen molar-refractivity contribution < 1.29 is 40.4 Å². The molecule has 0 amide bonds. The van der Waals surface area contributed by atoms with Crippen LogP contribution < -0.4 is 0 Å². The molecule has 1 N–H and O–H groups in total. The minimum Gasteiger partial charge on any atom is -0.437 e. The highest BCUT2D eigenvalue weighted by atomic mass is 28.5. The fourth-order valence-corrected chi connectivity index (χ4v) is 15.0. The van der Waals surface area contributed by atoms with Gasteiger partial charge in [-0.1, -0.05) is 0 Å². The lowest BCUT2D eigenvalue weighted by atomic mass is 10.3. The molecule has 0 radical (unpaired) electrons. The van der Waals surface area contributed by atoms with Gasteiger partial charge in [-0.2, -0.15) is 17.6 Å². The predicted molar refractivity (Wildman–Crippen MR) is 108 cm³/mol. The summed E-state index contributed by atoms with van der Waals surface area (Å²) in [5, 5.41) is 9.59. The van der Waals surface area contributed by atoms with Crippen LogP contribution in [0.4, 0.5) is 17.6 Å².